The predicted octanol–water partition coefficient (Wildman–Crippen LogP) is 3.06. The van der Waals surface area contributed by atoms with E-state index in [-0.39, 0.29) is 11.3 Å². The lowest BCUT2D eigenvalue weighted by atomic mass is 10.1. The van der Waals surface area contributed by atoms with E-state index in [2.05, 4.69) is 32.4 Å². The molecule has 1 N–H and O–H groups in total. The van der Waals surface area contributed by atoms with Crippen LogP contribution in [-0.2, 0) is 0 Å². The molecule has 3 aromatic rings. The van der Waals surface area contributed by atoms with E-state index in [1.54, 1.807) is 12.1 Å². The van der Waals surface area contributed by atoms with Crippen LogP contribution in [0.2, 0.25) is 0 Å². The van der Waals surface area contributed by atoms with Crippen LogP contribution in [0.15, 0.2) is 60.7 Å². The molecule has 31 heavy (non-hydrogen) atoms. The number of hydrogen-bond donors (Lipinski definition) is 1. The van der Waals surface area contributed by atoms with E-state index in [1.807, 2.05) is 24.3 Å². The first-order valence-corrected chi connectivity index (χ1v) is 9.93. The van der Waals surface area contributed by atoms with Crippen molar-refractivity contribution in [3.8, 4) is 11.3 Å². The van der Waals surface area contributed by atoms with Crippen molar-refractivity contribution in [3.05, 3.63) is 76.3 Å². The summed E-state index contributed by atoms with van der Waals surface area (Å²) in [7, 11) is 2.11. The lowest BCUT2D eigenvalue weighted by molar-refractivity contribution is -0.384. The van der Waals surface area contributed by atoms with Crippen LogP contribution in [0.25, 0.3) is 11.3 Å². The molecule has 1 aliphatic heterocycles. The van der Waals surface area contributed by atoms with E-state index in [9.17, 15) is 14.9 Å². The number of nitro benzene ring substituents is 1. The molecule has 1 saturated heterocycles. The highest BCUT2D eigenvalue weighted by atomic mass is 16.6. The van der Waals surface area contributed by atoms with Gasteiger partial charge < -0.3 is 15.1 Å². The van der Waals surface area contributed by atoms with Crippen molar-refractivity contribution in [3.63, 3.8) is 0 Å². The summed E-state index contributed by atoms with van der Waals surface area (Å²) in [5.41, 5.74) is 2.17. The third-order valence-electron chi connectivity index (χ3n) is 5.21. The molecule has 0 bridgehead atoms. The zero-order valence-corrected chi connectivity index (χ0v) is 17.1. The van der Waals surface area contributed by atoms with Crippen LogP contribution in [0.5, 0.6) is 0 Å². The van der Waals surface area contributed by atoms with Crippen molar-refractivity contribution in [1.82, 2.24) is 15.1 Å². The van der Waals surface area contributed by atoms with Gasteiger partial charge in [-0.25, -0.2) is 0 Å². The Bertz CT molecular complexity index is 1090. The number of nitrogens with one attached hydrogen (secondary N) is 1. The SMILES string of the molecule is CN1CCN(c2ccc(-c3cccc(NC(=O)c4cccc([N+](=O)[O-])c4)c3)nn2)CC1. The molecule has 9 nitrogen and oxygen atoms in total. The van der Waals surface area contributed by atoms with Gasteiger partial charge in [0, 0.05) is 55.1 Å². The van der Waals surface area contributed by atoms with Gasteiger partial charge in [-0.15, -0.1) is 10.2 Å². The van der Waals surface area contributed by atoms with Crippen molar-refractivity contribution in [1.29, 1.82) is 0 Å². The Morgan fingerprint density at radius 2 is 1.77 bits per heavy atom. The summed E-state index contributed by atoms with van der Waals surface area (Å²) in [6.45, 7) is 3.83. The molecule has 0 saturated carbocycles. The lowest BCUT2D eigenvalue weighted by Gasteiger charge is -2.32. The highest BCUT2D eigenvalue weighted by Crippen LogP contribution is 2.23. The Kier molecular flexibility index (Phi) is 5.85. The Labute approximate surface area is 179 Å². The van der Waals surface area contributed by atoms with Gasteiger partial charge in [-0.3, -0.25) is 14.9 Å². The van der Waals surface area contributed by atoms with Crippen LogP contribution >= 0.6 is 0 Å². The number of amides is 1. The number of aromatic nitrogens is 2. The van der Waals surface area contributed by atoms with Gasteiger partial charge in [-0.1, -0.05) is 18.2 Å². The monoisotopic (exact) mass is 418 g/mol. The van der Waals surface area contributed by atoms with Gasteiger partial charge in [0.25, 0.3) is 11.6 Å². The molecule has 0 spiro atoms. The average Bonchev–Trinajstić information content (AvgIpc) is 2.80. The minimum absolute atomic E-state index is 0.128. The van der Waals surface area contributed by atoms with E-state index in [0.717, 1.165) is 37.6 Å². The average molecular weight is 418 g/mol. The number of anilines is 2. The maximum absolute atomic E-state index is 12.5. The maximum atomic E-state index is 12.5. The smallest absolute Gasteiger partial charge is 0.270 e. The van der Waals surface area contributed by atoms with E-state index in [0.29, 0.717) is 11.4 Å². The number of nitro groups is 1. The summed E-state index contributed by atoms with van der Waals surface area (Å²) in [6, 6.07) is 16.8. The van der Waals surface area contributed by atoms with E-state index in [4.69, 9.17) is 0 Å². The first-order valence-electron chi connectivity index (χ1n) is 9.93. The molecule has 0 atom stereocenters. The largest absolute Gasteiger partial charge is 0.353 e. The van der Waals surface area contributed by atoms with Gasteiger partial charge in [0.15, 0.2) is 5.82 Å². The molecule has 9 heteroatoms. The number of benzene rings is 2. The van der Waals surface area contributed by atoms with Crippen LogP contribution in [0.3, 0.4) is 0 Å². The van der Waals surface area contributed by atoms with E-state index in [1.165, 1.54) is 24.3 Å². The topological polar surface area (TPSA) is 104 Å². The lowest BCUT2D eigenvalue weighted by Crippen LogP contribution is -2.44. The van der Waals surface area contributed by atoms with Crippen LogP contribution in [0.1, 0.15) is 10.4 Å². The Hall–Kier alpha value is -3.85. The fraction of sp³-hybridized carbons (Fsp3) is 0.227. The maximum Gasteiger partial charge on any atom is 0.270 e. The summed E-state index contributed by atoms with van der Waals surface area (Å²) in [4.78, 5) is 27.4. The number of nitrogens with zero attached hydrogens (tertiary/aromatic N) is 5. The van der Waals surface area contributed by atoms with Crippen LogP contribution in [-0.4, -0.2) is 59.2 Å². The molecule has 1 amide bonds. The Morgan fingerprint density at radius 1 is 1.00 bits per heavy atom. The molecule has 1 fully saturated rings. The van der Waals surface area contributed by atoms with Gasteiger partial charge in [0.1, 0.15) is 0 Å². The van der Waals surface area contributed by atoms with Crippen molar-refractivity contribution >= 4 is 23.1 Å². The molecular formula is C22H22N6O3. The van der Waals surface area contributed by atoms with Crippen LogP contribution < -0.4 is 10.2 Å². The molecule has 1 aromatic heterocycles. The highest BCUT2D eigenvalue weighted by molar-refractivity contribution is 6.04. The first kappa shape index (κ1) is 20.4. The molecule has 158 valence electrons. The summed E-state index contributed by atoms with van der Waals surface area (Å²) in [6.07, 6.45) is 0. The minimum atomic E-state index is -0.526. The van der Waals surface area contributed by atoms with E-state index >= 15 is 0 Å². The predicted molar refractivity (Wildman–Crippen MR) is 118 cm³/mol. The summed E-state index contributed by atoms with van der Waals surface area (Å²) in [5.74, 6) is 0.435. The van der Waals surface area contributed by atoms with Crippen molar-refractivity contribution in [2.45, 2.75) is 0 Å². The summed E-state index contributed by atoms with van der Waals surface area (Å²) >= 11 is 0. The zero-order chi connectivity index (χ0) is 21.8. The highest BCUT2D eigenvalue weighted by Gasteiger charge is 2.16. The molecule has 0 aliphatic carbocycles. The van der Waals surface area contributed by atoms with Gasteiger partial charge >= 0.3 is 0 Å². The third-order valence-corrected chi connectivity index (χ3v) is 5.21. The van der Waals surface area contributed by atoms with Gasteiger partial charge in [-0.05, 0) is 37.4 Å². The number of carbonyl (C=O) groups is 1. The second-order valence-electron chi connectivity index (χ2n) is 7.41. The van der Waals surface area contributed by atoms with Crippen LogP contribution in [0.4, 0.5) is 17.2 Å². The van der Waals surface area contributed by atoms with Crippen molar-refractivity contribution in [2.75, 3.05) is 43.4 Å². The van der Waals surface area contributed by atoms with Crippen molar-refractivity contribution < 1.29 is 9.72 Å². The van der Waals surface area contributed by atoms with Crippen molar-refractivity contribution in [2.24, 2.45) is 0 Å². The normalized spacial score (nSPS) is 14.3. The number of carbonyl (C=O) groups excluding carboxylic acids is 1. The van der Waals surface area contributed by atoms with Gasteiger partial charge in [0.2, 0.25) is 0 Å². The first-order chi connectivity index (χ1) is 15.0. The second-order valence-corrected chi connectivity index (χ2v) is 7.41. The molecule has 2 heterocycles. The number of non-ortho nitro benzene ring substituents is 1. The molecule has 0 radical (unpaired) electrons. The van der Waals surface area contributed by atoms with E-state index < -0.39 is 10.8 Å². The molecular weight excluding hydrogens is 396 g/mol. The second kappa shape index (κ2) is 8.88. The number of hydrogen-bond acceptors (Lipinski definition) is 7. The van der Waals surface area contributed by atoms with Gasteiger partial charge in [0.05, 0.1) is 10.6 Å². The molecule has 4 rings (SSSR count). The zero-order valence-electron chi connectivity index (χ0n) is 17.1. The molecule has 1 aliphatic rings. The fourth-order valence-corrected chi connectivity index (χ4v) is 3.40. The third kappa shape index (κ3) is 4.84. The van der Waals surface area contributed by atoms with Crippen LogP contribution in [0, 0.1) is 10.1 Å². The Morgan fingerprint density at radius 3 is 2.48 bits per heavy atom. The summed E-state index contributed by atoms with van der Waals surface area (Å²) in [5, 5.41) is 22.4. The Balaban J connectivity index is 1.47. The molecule has 0 unspecified atom stereocenters. The minimum Gasteiger partial charge on any atom is -0.353 e. The van der Waals surface area contributed by atoms with Gasteiger partial charge in [-0.2, -0.15) is 0 Å². The standard InChI is InChI=1S/C22H22N6O3/c1-26-10-12-27(13-11-26)21-9-8-20(24-25-21)16-4-2-6-18(14-16)23-22(29)17-5-3-7-19(15-17)28(30)31/h2-9,14-15H,10-13H2,1H3,(H,23,29). The quantitative estimate of drug-likeness (QED) is 0.501. The fourth-order valence-electron chi connectivity index (χ4n) is 3.40. The number of likely N-dealkylation sites (N-methyl/N-ethyl adjacent to an activating group) is 1. The number of rotatable bonds is 5. The summed E-state index contributed by atoms with van der Waals surface area (Å²) < 4.78 is 0. The molecule has 2 aromatic carbocycles. The number of piperazine rings is 1.